The number of nitrogens with two attached hydrogens (primary N) is 1. The molecule has 0 aromatic carbocycles. The third kappa shape index (κ3) is 3.27. The summed E-state index contributed by atoms with van der Waals surface area (Å²) in [6.45, 7) is 6.38. The number of anilines is 1. The molecule has 0 bridgehead atoms. The highest BCUT2D eigenvalue weighted by Crippen LogP contribution is 2.37. The lowest BCUT2D eigenvalue weighted by Gasteiger charge is -2.28. The third-order valence-electron chi connectivity index (χ3n) is 3.94. The van der Waals surface area contributed by atoms with Crippen molar-refractivity contribution in [3.63, 3.8) is 0 Å². The van der Waals surface area contributed by atoms with E-state index in [-0.39, 0.29) is 11.5 Å². The van der Waals surface area contributed by atoms with Crippen molar-refractivity contribution in [2.24, 2.45) is 11.3 Å². The molecule has 0 aliphatic heterocycles. The molecular formula is C15H26N4O. The maximum Gasteiger partial charge on any atom is 0.160 e. The van der Waals surface area contributed by atoms with E-state index in [1.165, 1.54) is 25.7 Å². The summed E-state index contributed by atoms with van der Waals surface area (Å²) in [6.07, 6.45) is 4.82. The first kappa shape index (κ1) is 15.2. The smallest absolute Gasteiger partial charge is 0.160 e. The molecule has 1 saturated carbocycles. The molecule has 0 radical (unpaired) electrons. The Hall–Kier alpha value is -1.20. The van der Waals surface area contributed by atoms with Crippen LogP contribution in [0, 0.1) is 5.41 Å². The first-order valence-electron chi connectivity index (χ1n) is 7.34. The summed E-state index contributed by atoms with van der Waals surface area (Å²) in [6, 6.07) is 1.97. The van der Waals surface area contributed by atoms with Gasteiger partial charge in [0.05, 0.1) is 0 Å². The van der Waals surface area contributed by atoms with Crippen molar-refractivity contribution in [3.8, 4) is 0 Å². The zero-order valence-electron chi connectivity index (χ0n) is 12.9. The van der Waals surface area contributed by atoms with E-state index in [4.69, 9.17) is 15.6 Å². The molecule has 3 N–H and O–H groups in total. The highest BCUT2D eigenvalue weighted by molar-refractivity contribution is 5.36. The van der Waals surface area contributed by atoms with Gasteiger partial charge in [-0.15, -0.1) is 0 Å². The standard InChI is InChI=1S/C15H26N4O/c1-15(2,3)13(20-4)14-17-11(9-12(18-14)19-16)10-7-5-6-8-10/h9-10,13H,5-8,16H2,1-4H3,(H,17,18,19). The van der Waals surface area contributed by atoms with Crippen LogP contribution in [-0.4, -0.2) is 17.1 Å². The number of nitrogens with one attached hydrogen (secondary N) is 1. The van der Waals surface area contributed by atoms with E-state index in [1.54, 1.807) is 7.11 Å². The van der Waals surface area contributed by atoms with E-state index >= 15 is 0 Å². The van der Waals surface area contributed by atoms with Crippen LogP contribution >= 0.6 is 0 Å². The van der Waals surface area contributed by atoms with Gasteiger partial charge in [-0.1, -0.05) is 33.6 Å². The first-order valence-corrected chi connectivity index (χ1v) is 7.34. The van der Waals surface area contributed by atoms with Crippen LogP contribution in [0.5, 0.6) is 0 Å². The molecule has 0 spiro atoms. The van der Waals surface area contributed by atoms with Crippen molar-refractivity contribution in [2.45, 2.75) is 58.5 Å². The van der Waals surface area contributed by atoms with Gasteiger partial charge in [0, 0.05) is 24.8 Å². The van der Waals surface area contributed by atoms with E-state index in [1.807, 2.05) is 6.07 Å². The summed E-state index contributed by atoms with van der Waals surface area (Å²) in [7, 11) is 1.71. The van der Waals surface area contributed by atoms with Crippen LogP contribution in [-0.2, 0) is 4.74 Å². The number of methoxy groups -OCH3 is 1. The minimum Gasteiger partial charge on any atom is -0.373 e. The summed E-state index contributed by atoms with van der Waals surface area (Å²) >= 11 is 0. The Kier molecular flexibility index (Phi) is 4.60. The lowest BCUT2D eigenvalue weighted by molar-refractivity contribution is 0.00856. The molecular weight excluding hydrogens is 252 g/mol. The zero-order valence-corrected chi connectivity index (χ0v) is 12.9. The van der Waals surface area contributed by atoms with Crippen molar-refractivity contribution in [2.75, 3.05) is 12.5 Å². The van der Waals surface area contributed by atoms with E-state index in [0.717, 1.165) is 11.5 Å². The van der Waals surface area contributed by atoms with Gasteiger partial charge in [-0.05, 0) is 18.3 Å². The molecule has 0 saturated heterocycles. The second-order valence-electron chi connectivity index (χ2n) is 6.64. The maximum atomic E-state index is 5.62. The lowest BCUT2D eigenvalue weighted by Crippen LogP contribution is -2.24. The fraction of sp³-hybridized carbons (Fsp3) is 0.733. The van der Waals surface area contributed by atoms with Gasteiger partial charge in [0.1, 0.15) is 11.9 Å². The molecule has 1 aromatic heterocycles. The number of ether oxygens (including phenoxy) is 1. The Labute approximate surface area is 121 Å². The predicted octanol–water partition coefficient (Wildman–Crippen LogP) is 3.15. The van der Waals surface area contributed by atoms with Crippen LogP contribution in [0.4, 0.5) is 5.82 Å². The number of hydrogen-bond donors (Lipinski definition) is 2. The minimum atomic E-state index is -0.143. The third-order valence-corrected chi connectivity index (χ3v) is 3.94. The van der Waals surface area contributed by atoms with Crippen LogP contribution < -0.4 is 11.3 Å². The summed E-state index contributed by atoms with van der Waals surface area (Å²) in [4.78, 5) is 9.26. The molecule has 1 atom stereocenters. The van der Waals surface area contributed by atoms with Crippen LogP contribution in [0.3, 0.4) is 0 Å². The van der Waals surface area contributed by atoms with Gasteiger partial charge in [-0.2, -0.15) is 0 Å². The summed E-state index contributed by atoms with van der Waals surface area (Å²) in [5.74, 6) is 7.47. The van der Waals surface area contributed by atoms with Crippen molar-refractivity contribution < 1.29 is 4.74 Å². The van der Waals surface area contributed by atoms with Gasteiger partial charge in [0.2, 0.25) is 0 Å². The highest BCUT2D eigenvalue weighted by Gasteiger charge is 2.30. The minimum absolute atomic E-state index is 0.0606. The Bertz CT molecular complexity index is 450. The van der Waals surface area contributed by atoms with E-state index in [9.17, 15) is 0 Å². The average molecular weight is 278 g/mol. The van der Waals surface area contributed by atoms with Gasteiger partial charge in [-0.25, -0.2) is 15.8 Å². The molecule has 20 heavy (non-hydrogen) atoms. The molecule has 0 amide bonds. The number of nitrogen functional groups attached to an aromatic ring is 1. The Morgan fingerprint density at radius 3 is 2.45 bits per heavy atom. The van der Waals surface area contributed by atoms with Crippen molar-refractivity contribution in [1.29, 1.82) is 0 Å². The van der Waals surface area contributed by atoms with E-state index < -0.39 is 0 Å². The quantitative estimate of drug-likeness (QED) is 0.654. The number of rotatable bonds is 4. The Morgan fingerprint density at radius 2 is 1.95 bits per heavy atom. The Morgan fingerprint density at radius 1 is 1.30 bits per heavy atom. The first-order chi connectivity index (χ1) is 9.45. The van der Waals surface area contributed by atoms with Crippen LogP contribution in [0.15, 0.2) is 6.07 Å². The van der Waals surface area contributed by atoms with Crippen LogP contribution in [0.2, 0.25) is 0 Å². The van der Waals surface area contributed by atoms with E-state index in [2.05, 4.69) is 31.2 Å². The van der Waals surface area contributed by atoms with Gasteiger partial charge < -0.3 is 10.2 Å². The molecule has 112 valence electrons. The summed E-state index contributed by atoms with van der Waals surface area (Å²) in [5.41, 5.74) is 3.68. The average Bonchev–Trinajstić information content (AvgIpc) is 2.91. The second kappa shape index (κ2) is 6.06. The van der Waals surface area contributed by atoms with Crippen molar-refractivity contribution in [1.82, 2.24) is 9.97 Å². The van der Waals surface area contributed by atoms with Crippen molar-refractivity contribution >= 4 is 5.82 Å². The van der Waals surface area contributed by atoms with Crippen molar-refractivity contribution in [3.05, 3.63) is 17.6 Å². The van der Waals surface area contributed by atoms with Gasteiger partial charge in [-0.3, -0.25) is 0 Å². The number of hydrazine groups is 1. The SMILES string of the molecule is COC(c1nc(NN)cc(C2CCCC2)n1)C(C)(C)C. The summed E-state index contributed by atoms with van der Waals surface area (Å²) in [5, 5.41) is 0. The monoisotopic (exact) mass is 278 g/mol. The molecule has 5 heteroatoms. The van der Waals surface area contributed by atoms with Gasteiger partial charge >= 0.3 is 0 Å². The number of nitrogens with zero attached hydrogens (tertiary/aromatic N) is 2. The molecule has 5 nitrogen and oxygen atoms in total. The lowest BCUT2D eigenvalue weighted by atomic mass is 9.88. The second-order valence-corrected chi connectivity index (χ2v) is 6.64. The topological polar surface area (TPSA) is 73.1 Å². The fourth-order valence-corrected chi connectivity index (χ4v) is 2.95. The highest BCUT2D eigenvalue weighted by atomic mass is 16.5. The fourth-order valence-electron chi connectivity index (χ4n) is 2.95. The Balaban J connectivity index is 2.38. The molecule has 1 heterocycles. The largest absolute Gasteiger partial charge is 0.373 e. The number of hydrogen-bond acceptors (Lipinski definition) is 5. The molecule has 2 rings (SSSR count). The van der Waals surface area contributed by atoms with E-state index in [0.29, 0.717) is 11.7 Å². The van der Waals surface area contributed by atoms with Crippen LogP contribution in [0.1, 0.15) is 70.0 Å². The number of aromatic nitrogens is 2. The van der Waals surface area contributed by atoms with Crippen LogP contribution in [0.25, 0.3) is 0 Å². The predicted molar refractivity (Wildman–Crippen MR) is 80.3 cm³/mol. The van der Waals surface area contributed by atoms with Gasteiger partial charge in [0.15, 0.2) is 5.82 Å². The molecule has 1 aromatic rings. The molecule has 1 unspecified atom stereocenters. The van der Waals surface area contributed by atoms with Gasteiger partial charge in [0.25, 0.3) is 0 Å². The molecule has 1 fully saturated rings. The molecule has 1 aliphatic carbocycles. The maximum absolute atomic E-state index is 5.62. The zero-order chi connectivity index (χ0) is 14.8. The normalized spacial score (nSPS) is 18.2. The summed E-state index contributed by atoms with van der Waals surface area (Å²) < 4.78 is 5.62. The molecule has 1 aliphatic rings.